The number of rotatable bonds is 5. The first kappa shape index (κ1) is 19.0. The van der Waals surface area contributed by atoms with Crippen LogP contribution in [0.5, 0.6) is 5.75 Å². The van der Waals surface area contributed by atoms with Crippen LogP contribution in [-0.4, -0.2) is 52.5 Å². The second-order valence-electron chi connectivity index (χ2n) is 6.71. The number of piperazine rings is 1. The summed E-state index contributed by atoms with van der Waals surface area (Å²) in [6, 6.07) is 15.8. The molecule has 2 aromatic carbocycles. The van der Waals surface area contributed by atoms with E-state index in [0.717, 1.165) is 37.6 Å². The SMILES string of the molecule is COc1ccc(N2CCN(Cn3ncn(-c4cccc(Cl)c4)c3=S)CC2)cc1. The first-order chi connectivity index (χ1) is 13.6. The van der Waals surface area contributed by atoms with Crippen LogP contribution in [0, 0.1) is 4.77 Å². The maximum absolute atomic E-state index is 6.10. The molecule has 0 radical (unpaired) electrons. The van der Waals surface area contributed by atoms with Crippen LogP contribution < -0.4 is 9.64 Å². The summed E-state index contributed by atoms with van der Waals surface area (Å²) in [6.07, 6.45) is 1.75. The summed E-state index contributed by atoms with van der Waals surface area (Å²) in [7, 11) is 1.69. The molecule has 0 saturated carbocycles. The third kappa shape index (κ3) is 4.06. The Bertz CT molecular complexity index is 992. The van der Waals surface area contributed by atoms with Crippen LogP contribution in [0.25, 0.3) is 5.69 Å². The van der Waals surface area contributed by atoms with E-state index in [1.807, 2.05) is 45.6 Å². The topological polar surface area (TPSA) is 38.5 Å². The van der Waals surface area contributed by atoms with Gasteiger partial charge in [-0.25, -0.2) is 4.68 Å². The summed E-state index contributed by atoms with van der Waals surface area (Å²) in [5.74, 6) is 0.882. The monoisotopic (exact) mass is 415 g/mol. The first-order valence-corrected chi connectivity index (χ1v) is 9.94. The van der Waals surface area contributed by atoms with E-state index in [1.54, 1.807) is 13.4 Å². The molecule has 8 heteroatoms. The Morgan fingerprint density at radius 2 is 1.79 bits per heavy atom. The highest BCUT2D eigenvalue weighted by Crippen LogP contribution is 2.21. The van der Waals surface area contributed by atoms with Gasteiger partial charge in [-0.3, -0.25) is 9.47 Å². The lowest BCUT2D eigenvalue weighted by Gasteiger charge is -2.35. The summed E-state index contributed by atoms with van der Waals surface area (Å²) in [5.41, 5.74) is 2.15. The first-order valence-electron chi connectivity index (χ1n) is 9.16. The van der Waals surface area contributed by atoms with Crippen LogP contribution in [0.4, 0.5) is 5.69 Å². The maximum Gasteiger partial charge on any atom is 0.203 e. The Balaban J connectivity index is 1.39. The van der Waals surface area contributed by atoms with Crippen molar-refractivity contribution >= 4 is 29.5 Å². The Kier molecular flexibility index (Phi) is 5.66. The lowest BCUT2D eigenvalue weighted by molar-refractivity contribution is 0.194. The molecule has 2 heterocycles. The van der Waals surface area contributed by atoms with Gasteiger partial charge in [-0.1, -0.05) is 17.7 Å². The molecule has 0 bridgehead atoms. The number of benzene rings is 2. The minimum Gasteiger partial charge on any atom is -0.497 e. The van der Waals surface area contributed by atoms with E-state index in [0.29, 0.717) is 16.5 Å². The normalized spacial score (nSPS) is 15.0. The van der Waals surface area contributed by atoms with Crippen LogP contribution in [0.1, 0.15) is 0 Å². The number of methoxy groups -OCH3 is 1. The van der Waals surface area contributed by atoms with Gasteiger partial charge in [0.25, 0.3) is 0 Å². The lowest BCUT2D eigenvalue weighted by Crippen LogP contribution is -2.47. The number of hydrogen-bond acceptors (Lipinski definition) is 5. The predicted molar refractivity (Wildman–Crippen MR) is 114 cm³/mol. The zero-order chi connectivity index (χ0) is 19.5. The highest BCUT2D eigenvalue weighted by Gasteiger charge is 2.18. The highest BCUT2D eigenvalue weighted by atomic mass is 35.5. The van der Waals surface area contributed by atoms with Gasteiger partial charge in [0.1, 0.15) is 12.1 Å². The van der Waals surface area contributed by atoms with Gasteiger partial charge in [-0.15, -0.1) is 0 Å². The van der Waals surface area contributed by atoms with Crippen LogP contribution in [0.3, 0.4) is 0 Å². The molecule has 1 fully saturated rings. The van der Waals surface area contributed by atoms with Crippen molar-refractivity contribution in [3.8, 4) is 11.4 Å². The fourth-order valence-corrected chi connectivity index (χ4v) is 3.81. The summed E-state index contributed by atoms with van der Waals surface area (Å²) in [6.45, 7) is 4.53. The van der Waals surface area contributed by atoms with E-state index in [2.05, 4.69) is 27.0 Å². The smallest absolute Gasteiger partial charge is 0.203 e. The van der Waals surface area contributed by atoms with Crippen molar-refractivity contribution in [1.82, 2.24) is 19.2 Å². The molecule has 0 unspecified atom stereocenters. The molecule has 1 aromatic heterocycles. The van der Waals surface area contributed by atoms with Crippen molar-refractivity contribution in [2.45, 2.75) is 6.67 Å². The molecule has 4 rings (SSSR count). The van der Waals surface area contributed by atoms with Crippen molar-refractivity contribution < 1.29 is 4.74 Å². The molecular weight excluding hydrogens is 394 g/mol. The molecular formula is C20H22ClN5OS. The van der Waals surface area contributed by atoms with Crippen molar-refractivity contribution in [2.24, 2.45) is 0 Å². The molecule has 0 aliphatic carbocycles. The second-order valence-corrected chi connectivity index (χ2v) is 7.51. The van der Waals surface area contributed by atoms with Crippen molar-refractivity contribution in [1.29, 1.82) is 0 Å². The molecule has 1 aliphatic rings. The summed E-state index contributed by atoms with van der Waals surface area (Å²) < 4.78 is 9.65. The van der Waals surface area contributed by atoms with E-state index in [1.165, 1.54) is 5.69 Å². The Labute approximate surface area is 174 Å². The average molecular weight is 416 g/mol. The largest absolute Gasteiger partial charge is 0.497 e. The highest BCUT2D eigenvalue weighted by molar-refractivity contribution is 7.71. The quantitative estimate of drug-likeness (QED) is 0.592. The minimum absolute atomic E-state index is 0.667. The minimum atomic E-state index is 0.667. The van der Waals surface area contributed by atoms with Crippen LogP contribution >= 0.6 is 23.8 Å². The van der Waals surface area contributed by atoms with E-state index in [9.17, 15) is 0 Å². The molecule has 3 aromatic rings. The summed E-state index contributed by atoms with van der Waals surface area (Å²) >= 11 is 11.7. The van der Waals surface area contributed by atoms with Gasteiger partial charge in [0, 0.05) is 36.9 Å². The number of hydrogen-bond donors (Lipinski definition) is 0. The van der Waals surface area contributed by atoms with Gasteiger partial charge in [0.05, 0.1) is 19.5 Å². The number of ether oxygens (including phenoxy) is 1. The van der Waals surface area contributed by atoms with Crippen LogP contribution in [0.15, 0.2) is 54.9 Å². The number of aromatic nitrogens is 3. The molecule has 1 aliphatic heterocycles. The molecule has 6 nitrogen and oxygen atoms in total. The van der Waals surface area contributed by atoms with Gasteiger partial charge in [-0.2, -0.15) is 5.10 Å². The molecule has 0 spiro atoms. The van der Waals surface area contributed by atoms with Gasteiger partial charge in [0.15, 0.2) is 0 Å². The number of nitrogens with zero attached hydrogens (tertiary/aromatic N) is 5. The van der Waals surface area contributed by atoms with Crippen molar-refractivity contribution in [2.75, 3.05) is 38.2 Å². The Morgan fingerprint density at radius 1 is 1.04 bits per heavy atom. The van der Waals surface area contributed by atoms with E-state index < -0.39 is 0 Å². The summed E-state index contributed by atoms with van der Waals surface area (Å²) in [4.78, 5) is 4.75. The van der Waals surface area contributed by atoms with Crippen molar-refractivity contribution in [3.63, 3.8) is 0 Å². The standard InChI is InChI=1S/C20H22ClN5OS/c1-27-19-7-5-17(6-8-19)24-11-9-23(10-12-24)15-26-20(28)25(14-22-26)18-4-2-3-16(21)13-18/h2-8,13-14H,9-12,15H2,1H3. The Morgan fingerprint density at radius 3 is 2.46 bits per heavy atom. The lowest BCUT2D eigenvalue weighted by atomic mass is 10.2. The van der Waals surface area contributed by atoms with E-state index in [-0.39, 0.29) is 0 Å². The fourth-order valence-electron chi connectivity index (χ4n) is 3.37. The average Bonchev–Trinajstić information content (AvgIpc) is 3.09. The molecule has 1 saturated heterocycles. The van der Waals surface area contributed by atoms with E-state index >= 15 is 0 Å². The second kappa shape index (κ2) is 8.34. The van der Waals surface area contributed by atoms with Crippen molar-refractivity contribution in [3.05, 3.63) is 64.7 Å². The van der Waals surface area contributed by atoms with Crippen LogP contribution in [0.2, 0.25) is 5.02 Å². The third-order valence-corrected chi connectivity index (χ3v) is 5.61. The number of halogens is 1. The van der Waals surface area contributed by atoms with Gasteiger partial charge in [0.2, 0.25) is 4.77 Å². The third-order valence-electron chi connectivity index (χ3n) is 4.96. The van der Waals surface area contributed by atoms with E-state index in [4.69, 9.17) is 28.6 Å². The Hall–Kier alpha value is -2.35. The van der Waals surface area contributed by atoms with Gasteiger partial charge < -0.3 is 9.64 Å². The maximum atomic E-state index is 6.10. The molecule has 146 valence electrons. The molecule has 0 N–H and O–H groups in total. The molecule has 28 heavy (non-hydrogen) atoms. The van der Waals surface area contributed by atoms with Gasteiger partial charge >= 0.3 is 0 Å². The fraction of sp³-hybridized carbons (Fsp3) is 0.300. The molecule has 0 atom stereocenters. The summed E-state index contributed by atoms with van der Waals surface area (Å²) in [5, 5.41) is 5.16. The van der Waals surface area contributed by atoms with Gasteiger partial charge in [-0.05, 0) is 54.7 Å². The number of anilines is 1. The zero-order valence-corrected chi connectivity index (χ0v) is 17.2. The zero-order valence-electron chi connectivity index (χ0n) is 15.7. The van der Waals surface area contributed by atoms with Crippen LogP contribution in [-0.2, 0) is 6.67 Å². The molecule has 0 amide bonds. The predicted octanol–water partition coefficient (Wildman–Crippen LogP) is 3.84.